The van der Waals surface area contributed by atoms with Crippen LogP contribution in [0.4, 0.5) is 0 Å². The number of thiophene rings is 1. The molecule has 104 valence electrons. The molecule has 2 rings (SSSR count). The summed E-state index contributed by atoms with van der Waals surface area (Å²) in [5.41, 5.74) is 1.15. The smallest absolute Gasteiger partial charge is 0.263 e. The summed E-state index contributed by atoms with van der Waals surface area (Å²) < 4.78 is 2.27. The van der Waals surface area contributed by atoms with Gasteiger partial charge in [0.05, 0.1) is 5.39 Å². The molecule has 0 fully saturated rings. The lowest BCUT2D eigenvalue weighted by molar-refractivity contribution is 0.563. The van der Waals surface area contributed by atoms with Gasteiger partial charge in [0.1, 0.15) is 4.83 Å². The number of hydrogen-bond acceptors (Lipinski definition) is 3. The quantitative estimate of drug-likeness (QED) is 0.659. The van der Waals surface area contributed by atoms with E-state index in [9.17, 15) is 4.79 Å². The van der Waals surface area contributed by atoms with Gasteiger partial charge in [-0.05, 0) is 38.0 Å². The van der Waals surface area contributed by atoms with Crippen LogP contribution in [0, 0.1) is 18.6 Å². The monoisotopic (exact) mass is 296 g/mol. The van der Waals surface area contributed by atoms with E-state index in [1.807, 2.05) is 13.8 Å². The highest BCUT2D eigenvalue weighted by Gasteiger charge is 2.12. The van der Waals surface area contributed by atoms with E-state index in [-0.39, 0.29) is 5.56 Å². The first kappa shape index (κ1) is 14.5. The molecular formula is C14H20N2OS2. The Labute approximate surface area is 122 Å². The van der Waals surface area contributed by atoms with E-state index in [0.29, 0.717) is 4.77 Å². The fourth-order valence-corrected chi connectivity index (χ4v) is 3.66. The highest BCUT2D eigenvalue weighted by atomic mass is 32.1. The summed E-state index contributed by atoms with van der Waals surface area (Å²) in [5, 5.41) is 0.812. The van der Waals surface area contributed by atoms with Crippen LogP contribution in [0.1, 0.15) is 43.0 Å². The minimum Gasteiger partial charge on any atom is -0.323 e. The van der Waals surface area contributed by atoms with Crippen molar-refractivity contribution in [2.45, 2.75) is 53.0 Å². The molecule has 19 heavy (non-hydrogen) atoms. The molecule has 0 amide bonds. The Morgan fingerprint density at radius 3 is 2.68 bits per heavy atom. The molecule has 2 heterocycles. The van der Waals surface area contributed by atoms with Crippen molar-refractivity contribution in [1.29, 1.82) is 0 Å². The number of unbranched alkanes of at least 4 members (excludes halogenated alkanes) is 3. The number of aryl methyl sites for hydroxylation is 2. The van der Waals surface area contributed by atoms with Crippen molar-refractivity contribution in [3.8, 4) is 0 Å². The first-order valence-corrected chi connectivity index (χ1v) is 8.01. The molecule has 2 aromatic rings. The van der Waals surface area contributed by atoms with Crippen molar-refractivity contribution in [2.75, 3.05) is 0 Å². The molecule has 1 N–H and O–H groups in total. The molecule has 3 nitrogen and oxygen atoms in total. The number of fused-ring (bicyclic) bond motifs is 1. The Morgan fingerprint density at radius 2 is 2.00 bits per heavy atom. The Kier molecular flexibility index (Phi) is 4.58. The number of H-pyrrole nitrogens is 1. The van der Waals surface area contributed by atoms with Crippen LogP contribution in [0.5, 0.6) is 0 Å². The summed E-state index contributed by atoms with van der Waals surface area (Å²) in [4.78, 5) is 17.8. The van der Waals surface area contributed by atoms with E-state index in [0.717, 1.165) is 35.2 Å². The summed E-state index contributed by atoms with van der Waals surface area (Å²) in [6, 6.07) is 0. The van der Waals surface area contributed by atoms with Crippen molar-refractivity contribution in [3.05, 3.63) is 25.6 Å². The maximum absolute atomic E-state index is 12.5. The van der Waals surface area contributed by atoms with Gasteiger partial charge in [0.15, 0.2) is 4.77 Å². The summed E-state index contributed by atoms with van der Waals surface area (Å²) >= 11 is 6.92. The van der Waals surface area contributed by atoms with Crippen LogP contribution in [0.2, 0.25) is 0 Å². The van der Waals surface area contributed by atoms with Crippen LogP contribution >= 0.6 is 23.6 Å². The zero-order valence-electron chi connectivity index (χ0n) is 11.7. The zero-order chi connectivity index (χ0) is 14.0. The van der Waals surface area contributed by atoms with E-state index in [2.05, 4.69) is 11.9 Å². The highest BCUT2D eigenvalue weighted by molar-refractivity contribution is 7.71. The van der Waals surface area contributed by atoms with Crippen LogP contribution in [0.3, 0.4) is 0 Å². The van der Waals surface area contributed by atoms with Gasteiger partial charge in [0, 0.05) is 11.4 Å². The first-order chi connectivity index (χ1) is 9.06. The van der Waals surface area contributed by atoms with E-state index in [1.54, 1.807) is 15.9 Å². The highest BCUT2D eigenvalue weighted by Crippen LogP contribution is 2.25. The van der Waals surface area contributed by atoms with E-state index < -0.39 is 0 Å². The Bertz CT molecular complexity index is 694. The van der Waals surface area contributed by atoms with Crippen molar-refractivity contribution in [3.63, 3.8) is 0 Å². The second-order valence-electron chi connectivity index (χ2n) is 4.93. The van der Waals surface area contributed by atoms with Gasteiger partial charge in [-0.2, -0.15) is 0 Å². The zero-order valence-corrected chi connectivity index (χ0v) is 13.3. The summed E-state index contributed by atoms with van der Waals surface area (Å²) in [7, 11) is 0. The van der Waals surface area contributed by atoms with E-state index in [1.165, 1.54) is 17.7 Å². The number of aromatic nitrogens is 2. The van der Waals surface area contributed by atoms with Crippen LogP contribution in [-0.2, 0) is 6.54 Å². The van der Waals surface area contributed by atoms with Gasteiger partial charge in [0.2, 0.25) is 0 Å². The SMILES string of the molecule is CCCCCCn1c(=S)[nH]c2sc(C)c(C)c2c1=O. The van der Waals surface area contributed by atoms with Gasteiger partial charge in [-0.15, -0.1) is 11.3 Å². The van der Waals surface area contributed by atoms with E-state index in [4.69, 9.17) is 12.2 Å². The molecular weight excluding hydrogens is 276 g/mol. The largest absolute Gasteiger partial charge is 0.323 e. The maximum Gasteiger partial charge on any atom is 0.263 e. The molecule has 0 aliphatic heterocycles. The summed E-state index contributed by atoms with van der Waals surface area (Å²) in [5.74, 6) is 0. The fraction of sp³-hybridized carbons (Fsp3) is 0.571. The third-order valence-electron chi connectivity index (χ3n) is 3.55. The second kappa shape index (κ2) is 6.01. The molecule has 0 aliphatic carbocycles. The lowest BCUT2D eigenvalue weighted by Gasteiger charge is -2.06. The third kappa shape index (κ3) is 2.82. The van der Waals surface area contributed by atoms with Gasteiger partial charge in [0.25, 0.3) is 5.56 Å². The predicted octanol–water partition coefficient (Wildman–Crippen LogP) is 4.32. The molecule has 0 atom stereocenters. The average molecular weight is 296 g/mol. The van der Waals surface area contributed by atoms with Crippen molar-refractivity contribution in [2.24, 2.45) is 0 Å². The minimum atomic E-state index is 0.0668. The van der Waals surface area contributed by atoms with Crippen molar-refractivity contribution >= 4 is 33.8 Å². The van der Waals surface area contributed by atoms with Crippen LogP contribution in [0.25, 0.3) is 10.2 Å². The molecule has 0 spiro atoms. The maximum atomic E-state index is 12.5. The molecule has 0 saturated carbocycles. The second-order valence-corrected chi connectivity index (χ2v) is 6.55. The van der Waals surface area contributed by atoms with Gasteiger partial charge in [-0.1, -0.05) is 26.2 Å². The summed E-state index contributed by atoms with van der Waals surface area (Å²) in [6.45, 7) is 6.95. The van der Waals surface area contributed by atoms with E-state index >= 15 is 0 Å². The van der Waals surface area contributed by atoms with Gasteiger partial charge in [-0.25, -0.2) is 0 Å². The van der Waals surface area contributed by atoms with Crippen LogP contribution in [0.15, 0.2) is 4.79 Å². The van der Waals surface area contributed by atoms with Crippen molar-refractivity contribution < 1.29 is 0 Å². The molecule has 0 radical (unpaired) electrons. The number of rotatable bonds is 5. The Morgan fingerprint density at radius 1 is 1.26 bits per heavy atom. The number of aromatic amines is 1. The lowest BCUT2D eigenvalue weighted by atomic mass is 10.2. The molecule has 5 heteroatoms. The first-order valence-electron chi connectivity index (χ1n) is 6.79. The topological polar surface area (TPSA) is 37.8 Å². The average Bonchev–Trinajstić information content (AvgIpc) is 2.64. The fourth-order valence-electron chi connectivity index (χ4n) is 2.26. The van der Waals surface area contributed by atoms with Crippen molar-refractivity contribution in [1.82, 2.24) is 9.55 Å². The molecule has 0 unspecified atom stereocenters. The predicted molar refractivity (Wildman–Crippen MR) is 84.9 cm³/mol. The minimum absolute atomic E-state index is 0.0668. The third-order valence-corrected chi connectivity index (χ3v) is 4.99. The summed E-state index contributed by atoms with van der Waals surface area (Å²) in [6.07, 6.45) is 4.57. The number of nitrogens with one attached hydrogen (secondary N) is 1. The molecule has 0 aliphatic rings. The molecule has 0 bridgehead atoms. The van der Waals surface area contributed by atoms with Gasteiger partial charge >= 0.3 is 0 Å². The number of nitrogens with zero attached hydrogens (tertiary/aromatic N) is 1. The molecule has 0 saturated heterocycles. The van der Waals surface area contributed by atoms with Gasteiger partial charge < -0.3 is 4.98 Å². The van der Waals surface area contributed by atoms with Crippen LogP contribution < -0.4 is 5.56 Å². The lowest BCUT2D eigenvalue weighted by Crippen LogP contribution is -2.22. The number of hydrogen-bond donors (Lipinski definition) is 1. The van der Waals surface area contributed by atoms with Crippen LogP contribution in [-0.4, -0.2) is 9.55 Å². The van der Waals surface area contributed by atoms with Gasteiger partial charge in [-0.3, -0.25) is 9.36 Å². The standard InChI is InChI=1S/C14H20N2OS2/c1-4-5-6-7-8-16-13(17)11-9(2)10(3)19-12(11)15-14(16)18/h4-8H2,1-3H3,(H,15,18). The normalized spacial score (nSPS) is 11.3. The Hall–Kier alpha value is -0.940. The molecule has 0 aromatic carbocycles. The molecule has 2 aromatic heterocycles. The Balaban J connectivity index is 2.41.